The first-order valence-electron chi connectivity index (χ1n) is 6.24. The molecule has 2 rings (SSSR count). The van der Waals surface area contributed by atoms with Crippen molar-refractivity contribution < 1.29 is 9.21 Å². The third-order valence-corrected chi connectivity index (χ3v) is 3.38. The fourth-order valence-corrected chi connectivity index (χ4v) is 2.28. The van der Waals surface area contributed by atoms with Gasteiger partial charge in [-0.2, -0.15) is 0 Å². The predicted octanol–water partition coefficient (Wildman–Crippen LogP) is 1.72. The smallest absolute Gasteiger partial charge is 0.223 e. The lowest BCUT2D eigenvalue weighted by atomic mass is 9.86. The summed E-state index contributed by atoms with van der Waals surface area (Å²) in [5.41, 5.74) is 5.82. The van der Waals surface area contributed by atoms with Gasteiger partial charge in [0.15, 0.2) is 0 Å². The molecule has 0 aliphatic heterocycles. The minimum atomic E-state index is 0.130. The van der Waals surface area contributed by atoms with Crippen LogP contribution in [0, 0.1) is 12.8 Å². The fraction of sp³-hybridized carbons (Fsp3) is 0.615. The Bertz CT molecular complexity index is 379. The van der Waals surface area contributed by atoms with Crippen molar-refractivity contribution in [2.24, 2.45) is 11.7 Å². The number of carbonyl (C=O) groups excluding carboxylic acids is 1. The standard InChI is InChI=1S/C13H20N2O2/c1-9-2-7-12(17-9)8-15-13(16)10-3-5-11(14)6-4-10/h2,7,10-11H,3-6,8,14H2,1H3,(H,15,16). The summed E-state index contributed by atoms with van der Waals surface area (Å²) in [6.07, 6.45) is 3.73. The summed E-state index contributed by atoms with van der Waals surface area (Å²) >= 11 is 0. The molecule has 0 spiro atoms. The van der Waals surface area contributed by atoms with Crippen LogP contribution in [0.3, 0.4) is 0 Å². The van der Waals surface area contributed by atoms with Crippen LogP contribution < -0.4 is 11.1 Å². The highest BCUT2D eigenvalue weighted by molar-refractivity contribution is 5.78. The van der Waals surface area contributed by atoms with Gasteiger partial charge in [0.2, 0.25) is 5.91 Å². The minimum absolute atomic E-state index is 0.130. The fourth-order valence-electron chi connectivity index (χ4n) is 2.28. The minimum Gasteiger partial charge on any atom is -0.465 e. The van der Waals surface area contributed by atoms with Gasteiger partial charge in [0.05, 0.1) is 6.54 Å². The number of hydrogen-bond donors (Lipinski definition) is 2. The molecule has 0 atom stereocenters. The van der Waals surface area contributed by atoms with Crippen LogP contribution in [0.15, 0.2) is 16.5 Å². The third kappa shape index (κ3) is 3.33. The normalized spacial score (nSPS) is 24.6. The van der Waals surface area contributed by atoms with E-state index in [1.54, 1.807) is 0 Å². The molecule has 4 nitrogen and oxygen atoms in total. The number of furan rings is 1. The van der Waals surface area contributed by atoms with Gasteiger partial charge in [-0.15, -0.1) is 0 Å². The Labute approximate surface area is 102 Å². The second kappa shape index (κ2) is 5.36. The lowest BCUT2D eigenvalue weighted by molar-refractivity contribution is -0.126. The number of hydrogen-bond acceptors (Lipinski definition) is 3. The summed E-state index contributed by atoms with van der Waals surface area (Å²) < 4.78 is 5.40. The molecule has 0 aromatic carbocycles. The number of nitrogens with two attached hydrogens (primary N) is 1. The van der Waals surface area contributed by atoms with Gasteiger partial charge in [0.1, 0.15) is 11.5 Å². The van der Waals surface area contributed by atoms with Crippen LogP contribution in [-0.4, -0.2) is 11.9 Å². The van der Waals surface area contributed by atoms with Crippen molar-refractivity contribution in [2.45, 2.75) is 45.2 Å². The van der Waals surface area contributed by atoms with Crippen molar-refractivity contribution in [1.82, 2.24) is 5.32 Å². The Morgan fingerprint density at radius 1 is 1.41 bits per heavy atom. The summed E-state index contributed by atoms with van der Waals surface area (Å²) in [5, 5.41) is 2.92. The first kappa shape index (κ1) is 12.2. The van der Waals surface area contributed by atoms with Crippen LogP contribution in [0.25, 0.3) is 0 Å². The quantitative estimate of drug-likeness (QED) is 0.839. The molecule has 0 radical (unpaired) electrons. The van der Waals surface area contributed by atoms with Gasteiger partial charge in [-0.3, -0.25) is 4.79 Å². The molecule has 1 heterocycles. The molecular formula is C13H20N2O2. The van der Waals surface area contributed by atoms with Gasteiger partial charge in [-0.05, 0) is 44.7 Å². The number of carbonyl (C=O) groups is 1. The maximum atomic E-state index is 11.9. The van der Waals surface area contributed by atoms with Crippen molar-refractivity contribution in [2.75, 3.05) is 0 Å². The SMILES string of the molecule is Cc1ccc(CNC(=O)C2CCC(N)CC2)o1. The topological polar surface area (TPSA) is 68.3 Å². The van der Waals surface area contributed by atoms with Crippen LogP contribution in [0.4, 0.5) is 0 Å². The molecule has 0 bridgehead atoms. The van der Waals surface area contributed by atoms with Crippen LogP contribution in [0.2, 0.25) is 0 Å². The van der Waals surface area contributed by atoms with E-state index in [4.69, 9.17) is 10.2 Å². The van der Waals surface area contributed by atoms with Gasteiger partial charge in [0, 0.05) is 12.0 Å². The molecular weight excluding hydrogens is 216 g/mol. The Kier molecular flexibility index (Phi) is 3.84. The van der Waals surface area contributed by atoms with E-state index in [-0.39, 0.29) is 17.9 Å². The molecule has 1 saturated carbocycles. The van der Waals surface area contributed by atoms with E-state index in [0.29, 0.717) is 6.54 Å². The van der Waals surface area contributed by atoms with Crippen molar-refractivity contribution in [1.29, 1.82) is 0 Å². The van der Waals surface area contributed by atoms with E-state index in [0.717, 1.165) is 37.2 Å². The van der Waals surface area contributed by atoms with E-state index < -0.39 is 0 Å². The van der Waals surface area contributed by atoms with Gasteiger partial charge in [-0.25, -0.2) is 0 Å². The van der Waals surface area contributed by atoms with Gasteiger partial charge in [-0.1, -0.05) is 0 Å². The molecule has 1 aliphatic rings. The average molecular weight is 236 g/mol. The van der Waals surface area contributed by atoms with E-state index in [1.807, 2.05) is 19.1 Å². The number of aryl methyl sites for hydroxylation is 1. The first-order chi connectivity index (χ1) is 8.15. The zero-order valence-electron chi connectivity index (χ0n) is 10.2. The molecule has 0 unspecified atom stereocenters. The number of amides is 1. The summed E-state index contributed by atoms with van der Waals surface area (Å²) in [6.45, 7) is 2.38. The second-order valence-corrected chi connectivity index (χ2v) is 4.84. The predicted molar refractivity (Wildman–Crippen MR) is 65.2 cm³/mol. The van der Waals surface area contributed by atoms with Crippen LogP contribution in [0.5, 0.6) is 0 Å². The molecule has 1 aliphatic carbocycles. The summed E-state index contributed by atoms with van der Waals surface area (Å²) in [4.78, 5) is 11.9. The highest BCUT2D eigenvalue weighted by Crippen LogP contribution is 2.23. The zero-order valence-corrected chi connectivity index (χ0v) is 10.2. The van der Waals surface area contributed by atoms with Gasteiger partial charge < -0.3 is 15.5 Å². The van der Waals surface area contributed by atoms with E-state index >= 15 is 0 Å². The van der Waals surface area contributed by atoms with Crippen LogP contribution in [-0.2, 0) is 11.3 Å². The van der Waals surface area contributed by atoms with Crippen molar-refractivity contribution >= 4 is 5.91 Å². The Balaban J connectivity index is 1.77. The molecule has 94 valence electrons. The molecule has 1 aromatic heterocycles. The lowest BCUT2D eigenvalue weighted by Gasteiger charge is -2.24. The number of rotatable bonds is 3. The Hall–Kier alpha value is -1.29. The maximum absolute atomic E-state index is 11.9. The van der Waals surface area contributed by atoms with Gasteiger partial charge in [0.25, 0.3) is 0 Å². The summed E-state index contributed by atoms with van der Waals surface area (Å²) in [5.74, 6) is 1.94. The molecule has 3 N–H and O–H groups in total. The average Bonchev–Trinajstić information content (AvgIpc) is 2.73. The van der Waals surface area contributed by atoms with Gasteiger partial charge >= 0.3 is 0 Å². The van der Waals surface area contributed by atoms with Crippen LogP contribution in [0.1, 0.15) is 37.2 Å². The molecule has 1 amide bonds. The largest absolute Gasteiger partial charge is 0.465 e. The first-order valence-corrected chi connectivity index (χ1v) is 6.24. The lowest BCUT2D eigenvalue weighted by Crippen LogP contribution is -2.35. The Morgan fingerprint density at radius 3 is 2.71 bits per heavy atom. The van der Waals surface area contributed by atoms with E-state index in [1.165, 1.54) is 0 Å². The highest BCUT2D eigenvalue weighted by atomic mass is 16.3. The zero-order chi connectivity index (χ0) is 12.3. The van der Waals surface area contributed by atoms with Crippen molar-refractivity contribution in [3.63, 3.8) is 0 Å². The molecule has 4 heteroatoms. The maximum Gasteiger partial charge on any atom is 0.223 e. The van der Waals surface area contributed by atoms with E-state index in [9.17, 15) is 4.79 Å². The molecule has 1 fully saturated rings. The molecule has 0 saturated heterocycles. The third-order valence-electron chi connectivity index (χ3n) is 3.38. The van der Waals surface area contributed by atoms with Crippen LogP contribution >= 0.6 is 0 Å². The number of nitrogens with one attached hydrogen (secondary N) is 1. The highest BCUT2D eigenvalue weighted by Gasteiger charge is 2.24. The monoisotopic (exact) mass is 236 g/mol. The van der Waals surface area contributed by atoms with Crippen molar-refractivity contribution in [3.8, 4) is 0 Å². The summed E-state index contributed by atoms with van der Waals surface area (Å²) in [6, 6.07) is 4.08. The Morgan fingerprint density at radius 2 is 2.12 bits per heavy atom. The molecule has 1 aromatic rings. The summed E-state index contributed by atoms with van der Waals surface area (Å²) in [7, 11) is 0. The molecule has 17 heavy (non-hydrogen) atoms. The second-order valence-electron chi connectivity index (χ2n) is 4.84. The van der Waals surface area contributed by atoms with Crippen molar-refractivity contribution in [3.05, 3.63) is 23.7 Å². The van der Waals surface area contributed by atoms with E-state index in [2.05, 4.69) is 5.32 Å².